The predicted octanol–water partition coefficient (Wildman–Crippen LogP) is 6.95. The third-order valence-corrected chi connectivity index (χ3v) is 3.27. The van der Waals surface area contributed by atoms with Crippen LogP contribution in [0.25, 0.3) is 11.7 Å². The molecule has 0 nitrogen and oxygen atoms in total. The van der Waals surface area contributed by atoms with Gasteiger partial charge in [0.05, 0.1) is 0 Å². The molecule has 1 aromatic carbocycles. The fourth-order valence-corrected chi connectivity index (χ4v) is 2.04. The zero-order chi connectivity index (χ0) is 16.9. The van der Waals surface area contributed by atoms with Crippen LogP contribution in [0.15, 0.2) is 23.8 Å². The molecule has 0 heterocycles. The number of benzene rings is 1. The van der Waals surface area contributed by atoms with Gasteiger partial charge in [0.1, 0.15) is 17.5 Å². The summed E-state index contributed by atoms with van der Waals surface area (Å²) in [4.78, 5) is 0. The summed E-state index contributed by atoms with van der Waals surface area (Å²) in [6, 6.07) is 2.00. The van der Waals surface area contributed by atoms with Crippen LogP contribution in [-0.2, 0) is 0 Å². The summed E-state index contributed by atoms with van der Waals surface area (Å²) >= 11 is 0. The highest BCUT2D eigenvalue weighted by atomic mass is 19.2. The number of hydrogen-bond donors (Lipinski definition) is 0. The Balaban J connectivity index is 3.35. The Bertz CT molecular complexity index is 546. The maximum absolute atomic E-state index is 14.2. The Labute approximate surface area is 127 Å². The van der Waals surface area contributed by atoms with Crippen LogP contribution >= 0.6 is 0 Å². The molecule has 0 saturated carbocycles. The lowest BCUT2D eigenvalue weighted by molar-refractivity contribution is 0.548. The fourth-order valence-electron chi connectivity index (χ4n) is 2.04. The van der Waals surface area contributed by atoms with Gasteiger partial charge in [-0.2, -0.15) is 0 Å². The van der Waals surface area contributed by atoms with E-state index >= 15 is 0 Å². The van der Waals surface area contributed by atoms with Gasteiger partial charge >= 0.3 is 0 Å². The van der Waals surface area contributed by atoms with E-state index in [0.29, 0.717) is 12.8 Å². The molecule has 0 aliphatic heterocycles. The lowest BCUT2D eigenvalue weighted by Crippen LogP contribution is -1.97. The van der Waals surface area contributed by atoms with Crippen LogP contribution in [0.1, 0.15) is 56.2 Å². The molecule has 22 heavy (non-hydrogen) atoms. The van der Waals surface area contributed by atoms with Gasteiger partial charge in [-0.25, -0.2) is 22.0 Å². The quantitative estimate of drug-likeness (QED) is 0.498. The van der Waals surface area contributed by atoms with Gasteiger partial charge in [0.25, 0.3) is 0 Å². The van der Waals surface area contributed by atoms with Crippen molar-refractivity contribution in [3.05, 3.63) is 46.3 Å². The molecule has 0 spiro atoms. The van der Waals surface area contributed by atoms with Gasteiger partial charge in [-0.1, -0.05) is 19.9 Å². The van der Waals surface area contributed by atoms with E-state index in [1.165, 1.54) is 6.92 Å². The van der Waals surface area contributed by atoms with Crippen molar-refractivity contribution in [2.24, 2.45) is 0 Å². The van der Waals surface area contributed by atoms with Crippen LogP contribution in [-0.4, -0.2) is 0 Å². The molecular formula is C17H19F5. The van der Waals surface area contributed by atoms with Crippen molar-refractivity contribution in [1.29, 1.82) is 0 Å². The van der Waals surface area contributed by atoms with Crippen molar-refractivity contribution in [2.75, 3.05) is 0 Å². The van der Waals surface area contributed by atoms with Crippen LogP contribution in [0, 0.1) is 12.7 Å². The molecule has 122 valence electrons. The van der Waals surface area contributed by atoms with Crippen molar-refractivity contribution >= 4 is 11.7 Å². The summed E-state index contributed by atoms with van der Waals surface area (Å²) < 4.78 is 68.9. The third-order valence-electron chi connectivity index (χ3n) is 3.27. The minimum absolute atomic E-state index is 0.103. The molecule has 0 fully saturated rings. The Morgan fingerprint density at radius 3 is 1.68 bits per heavy atom. The maximum atomic E-state index is 14.2. The van der Waals surface area contributed by atoms with E-state index in [1.807, 2.05) is 0 Å². The maximum Gasteiger partial charge on any atom is 0.164 e. The van der Waals surface area contributed by atoms with Gasteiger partial charge in [0.2, 0.25) is 0 Å². The molecule has 0 atom stereocenters. The molecule has 0 aromatic heterocycles. The monoisotopic (exact) mass is 318 g/mol. The van der Waals surface area contributed by atoms with E-state index in [2.05, 4.69) is 0 Å². The molecule has 0 bridgehead atoms. The molecule has 0 unspecified atom stereocenters. The Kier molecular flexibility index (Phi) is 6.78. The van der Waals surface area contributed by atoms with Crippen LogP contribution < -0.4 is 0 Å². The summed E-state index contributed by atoms with van der Waals surface area (Å²) in [6.45, 7) is 4.55. The minimum Gasteiger partial charge on any atom is -0.209 e. The molecular weight excluding hydrogens is 299 g/mol. The average molecular weight is 318 g/mol. The molecule has 0 radical (unpaired) electrons. The van der Waals surface area contributed by atoms with Gasteiger partial charge in [-0.15, -0.1) is 0 Å². The standard InChI is InChI=1S/C17H19F5/c1-4-6-13(18)16(21)11-8-9-12(15(20)10(11)3)17(22)14(19)7-5-2/h8-9H,4-7H2,1-3H3/b16-13+,17-14+. The molecule has 5 heteroatoms. The summed E-state index contributed by atoms with van der Waals surface area (Å²) in [5.41, 5.74) is -1.10. The summed E-state index contributed by atoms with van der Waals surface area (Å²) in [5.74, 6) is -5.58. The molecule has 0 saturated heterocycles. The van der Waals surface area contributed by atoms with Crippen molar-refractivity contribution in [3.63, 3.8) is 0 Å². The van der Waals surface area contributed by atoms with Gasteiger partial charge in [-0.3, -0.25) is 0 Å². The molecule has 1 aromatic rings. The second-order valence-electron chi connectivity index (χ2n) is 5.04. The average Bonchev–Trinajstić information content (AvgIpc) is 2.49. The van der Waals surface area contributed by atoms with Crippen LogP contribution in [0.3, 0.4) is 0 Å². The lowest BCUT2D eigenvalue weighted by Gasteiger charge is -2.10. The first-order valence-corrected chi connectivity index (χ1v) is 7.23. The lowest BCUT2D eigenvalue weighted by atomic mass is 10.0. The third kappa shape index (κ3) is 3.96. The topological polar surface area (TPSA) is 0 Å². The first-order chi connectivity index (χ1) is 10.3. The Hall–Kier alpha value is -1.65. The van der Waals surface area contributed by atoms with E-state index in [9.17, 15) is 22.0 Å². The Morgan fingerprint density at radius 1 is 0.818 bits per heavy atom. The minimum atomic E-state index is -1.30. The second-order valence-corrected chi connectivity index (χ2v) is 5.04. The number of halogens is 5. The van der Waals surface area contributed by atoms with E-state index < -0.39 is 34.7 Å². The molecule has 0 aliphatic carbocycles. The first-order valence-electron chi connectivity index (χ1n) is 7.23. The summed E-state index contributed by atoms with van der Waals surface area (Å²) in [5, 5.41) is 0. The zero-order valence-corrected chi connectivity index (χ0v) is 12.9. The fraction of sp³-hybridized carbons (Fsp3) is 0.412. The highest BCUT2D eigenvalue weighted by Gasteiger charge is 2.20. The smallest absolute Gasteiger partial charge is 0.164 e. The molecule has 1 rings (SSSR count). The number of hydrogen-bond acceptors (Lipinski definition) is 0. The highest BCUT2D eigenvalue weighted by Crippen LogP contribution is 2.33. The first kappa shape index (κ1) is 18.4. The van der Waals surface area contributed by atoms with E-state index in [-0.39, 0.29) is 24.0 Å². The SMILES string of the molecule is CCC/C(F)=C(\F)c1ccc(/C(F)=C(\F)CCC)c(F)c1C. The van der Waals surface area contributed by atoms with Crippen molar-refractivity contribution in [3.8, 4) is 0 Å². The predicted molar refractivity (Wildman–Crippen MR) is 79.2 cm³/mol. The van der Waals surface area contributed by atoms with Crippen molar-refractivity contribution in [2.45, 2.75) is 46.5 Å². The molecule has 0 amide bonds. The van der Waals surface area contributed by atoms with Gasteiger partial charge < -0.3 is 0 Å². The van der Waals surface area contributed by atoms with Crippen molar-refractivity contribution < 1.29 is 22.0 Å². The zero-order valence-electron chi connectivity index (χ0n) is 12.9. The van der Waals surface area contributed by atoms with E-state index in [0.717, 1.165) is 12.1 Å². The molecule has 0 aliphatic rings. The van der Waals surface area contributed by atoms with E-state index in [4.69, 9.17) is 0 Å². The summed E-state index contributed by atoms with van der Waals surface area (Å²) in [6.07, 6.45) is 0.523. The van der Waals surface area contributed by atoms with Crippen LogP contribution in [0.2, 0.25) is 0 Å². The van der Waals surface area contributed by atoms with Gasteiger partial charge in [0.15, 0.2) is 11.7 Å². The number of allylic oxidation sites excluding steroid dienone is 2. The van der Waals surface area contributed by atoms with Crippen LogP contribution in [0.4, 0.5) is 22.0 Å². The van der Waals surface area contributed by atoms with Gasteiger partial charge in [0, 0.05) is 24.0 Å². The molecule has 0 N–H and O–H groups in total. The normalized spacial score (nSPS) is 13.8. The van der Waals surface area contributed by atoms with Crippen LogP contribution in [0.5, 0.6) is 0 Å². The highest BCUT2D eigenvalue weighted by molar-refractivity contribution is 5.69. The number of rotatable bonds is 6. The largest absolute Gasteiger partial charge is 0.209 e. The Morgan fingerprint density at radius 2 is 1.23 bits per heavy atom. The van der Waals surface area contributed by atoms with Crippen molar-refractivity contribution in [1.82, 2.24) is 0 Å². The van der Waals surface area contributed by atoms with Gasteiger partial charge in [-0.05, 0) is 31.4 Å². The summed E-state index contributed by atoms with van der Waals surface area (Å²) in [7, 11) is 0. The second kappa shape index (κ2) is 8.11. The van der Waals surface area contributed by atoms with E-state index in [1.54, 1.807) is 13.8 Å².